The maximum absolute atomic E-state index is 12.8. The minimum atomic E-state index is -0.187. The molecule has 0 atom stereocenters. The number of hydrogen-bond donors (Lipinski definition) is 1. The number of rotatable bonds is 3. The van der Waals surface area contributed by atoms with Crippen molar-refractivity contribution in [3.8, 4) is 17.2 Å². The van der Waals surface area contributed by atoms with E-state index in [0.717, 1.165) is 25.9 Å². The third-order valence-electron chi connectivity index (χ3n) is 3.95. The Morgan fingerprint density at radius 3 is 2.40 bits per heavy atom. The SMILES string of the molecule is Cc1cc(I)ccc1NC(=O)c1ccccc1-c1ccccc1C#N. The molecular formula is C21H15IN2O. The van der Waals surface area contributed by atoms with Crippen LogP contribution in [0.25, 0.3) is 11.1 Å². The smallest absolute Gasteiger partial charge is 0.256 e. The summed E-state index contributed by atoms with van der Waals surface area (Å²) in [4.78, 5) is 12.8. The average molecular weight is 438 g/mol. The van der Waals surface area contributed by atoms with Crippen LogP contribution in [0, 0.1) is 21.8 Å². The summed E-state index contributed by atoms with van der Waals surface area (Å²) in [7, 11) is 0. The molecule has 0 aliphatic heterocycles. The lowest BCUT2D eigenvalue weighted by Gasteiger charge is -2.13. The second-order valence-electron chi connectivity index (χ2n) is 5.62. The predicted octanol–water partition coefficient (Wildman–Crippen LogP) is 5.39. The molecule has 0 aliphatic rings. The van der Waals surface area contributed by atoms with E-state index in [-0.39, 0.29) is 5.91 Å². The zero-order chi connectivity index (χ0) is 17.8. The number of aryl methyl sites for hydroxylation is 1. The maximum atomic E-state index is 12.8. The van der Waals surface area contributed by atoms with Crippen molar-refractivity contribution in [3.63, 3.8) is 0 Å². The Bertz CT molecular complexity index is 989. The second-order valence-corrected chi connectivity index (χ2v) is 6.86. The van der Waals surface area contributed by atoms with Crippen LogP contribution in [0.1, 0.15) is 21.5 Å². The van der Waals surface area contributed by atoms with Crippen LogP contribution < -0.4 is 5.32 Å². The number of nitrogens with zero attached hydrogens (tertiary/aromatic N) is 1. The Morgan fingerprint density at radius 2 is 1.68 bits per heavy atom. The summed E-state index contributed by atoms with van der Waals surface area (Å²) in [6.07, 6.45) is 0. The molecule has 1 amide bonds. The van der Waals surface area contributed by atoms with Gasteiger partial charge in [-0.1, -0.05) is 36.4 Å². The van der Waals surface area contributed by atoms with Crippen molar-refractivity contribution >= 4 is 34.2 Å². The lowest BCUT2D eigenvalue weighted by atomic mass is 9.95. The van der Waals surface area contributed by atoms with Gasteiger partial charge in [0.25, 0.3) is 5.91 Å². The second kappa shape index (κ2) is 7.49. The van der Waals surface area contributed by atoms with E-state index < -0.39 is 0 Å². The van der Waals surface area contributed by atoms with Crippen molar-refractivity contribution in [3.05, 3.63) is 87.0 Å². The molecule has 3 rings (SSSR count). The molecule has 0 fully saturated rings. The van der Waals surface area contributed by atoms with E-state index in [2.05, 4.69) is 34.0 Å². The van der Waals surface area contributed by atoms with Crippen LogP contribution in [-0.2, 0) is 0 Å². The molecule has 0 aromatic heterocycles. The van der Waals surface area contributed by atoms with Crippen molar-refractivity contribution < 1.29 is 4.79 Å². The van der Waals surface area contributed by atoms with Crippen LogP contribution in [-0.4, -0.2) is 5.91 Å². The molecule has 1 N–H and O–H groups in total. The molecule has 122 valence electrons. The van der Waals surface area contributed by atoms with E-state index in [1.54, 1.807) is 12.1 Å². The first-order chi connectivity index (χ1) is 12.1. The highest BCUT2D eigenvalue weighted by Crippen LogP contribution is 2.28. The maximum Gasteiger partial charge on any atom is 0.256 e. The number of nitrogens with one attached hydrogen (secondary N) is 1. The lowest BCUT2D eigenvalue weighted by molar-refractivity contribution is 0.102. The summed E-state index contributed by atoms with van der Waals surface area (Å²) in [5.41, 5.74) is 4.40. The first kappa shape index (κ1) is 17.2. The van der Waals surface area contributed by atoms with Gasteiger partial charge in [0.1, 0.15) is 0 Å². The molecule has 0 heterocycles. The third-order valence-corrected chi connectivity index (χ3v) is 4.62. The van der Waals surface area contributed by atoms with E-state index in [1.807, 2.05) is 61.5 Å². The fraction of sp³-hybridized carbons (Fsp3) is 0.0476. The zero-order valence-corrected chi connectivity index (χ0v) is 15.7. The largest absolute Gasteiger partial charge is 0.322 e. The number of amides is 1. The molecule has 3 aromatic rings. The molecule has 25 heavy (non-hydrogen) atoms. The van der Waals surface area contributed by atoms with Gasteiger partial charge in [-0.25, -0.2) is 0 Å². The van der Waals surface area contributed by atoms with Gasteiger partial charge in [0.15, 0.2) is 0 Å². The van der Waals surface area contributed by atoms with E-state index >= 15 is 0 Å². The summed E-state index contributed by atoms with van der Waals surface area (Å²) in [6, 6.07) is 22.7. The molecule has 0 saturated heterocycles. The van der Waals surface area contributed by atoms with E-state index in [9.17, 15) is 10.1 Å². The highest BCUT2D eigenvalue weighted by molar-refractivity contribution is 14.1. The Hall–Kier alpha value is -2.65. The van der Waals surface area contributed by atoms with E-state index in [1.165, 1.54) is 0 Å². The molecule has 0 spiro atoms. The molecule has 4 heteroatoms. The third kappa shape index (κ3) is 3.72. The van der Waals surface area contributed by atoms with Gasteiger partial charge in [0.2, 0.25) is 0 Å². The van der Waals surface area contributed by atoms with Crippen molar-refractivity contribution in [1.82, 2.24) is 0 Å². The van der Waals surface area contributed by atoms with Gasteiger partial charge in [-0.2, -0.15) is 5.26 Å². The fourth-order valence-corrected chi connectivity index (χ4v) is 3.34. The van der Waals surface area contributed by atoms with Crippen LogP contribution in [0.2, 0.25) is 0 Å². The van der Waals surface area contributed by atoms with Crippen molar-refractivity contribution in [2.75, 3.05) is 5.32 Å². The topological polar surface area (TPSA) is 52.9 Å². The molecule has 0 saturated carbocycles. The van der Waals surface area contributed by atoms with Crippen molar-refractivity contribution in [1.29, 1.82) is 5.26 Å². The molecule has 0 unspecified atom stereocenters. The van der Waals surface area contributed by atoms with Crippen LogP contribution in [0.5, 0.6) is 0 Å². The monoisotopic (exact) mass is 438 g/mol. The van der Waals surface area contributed by atoms with Crippen LogP contribution >= 0.6 is 22.6 Å². The van der Waals surface area contributed by atoms with E-state index in [0.29, 0.717) is 11.1 Å². The number of nitriles is 1. The van der Waals surface area contributed by atoms with Gasteiger partial charge >= 0.3 is 0 Å². The van der Waals surface area contributed by atoms with Crippen LogP contribution in [0.15, 0.2) is 66.7 Å². The van der Waals surface area contributed by atoms with E-state index in [4.69, 9.17) is 0 Å². The minimum Gasteiger partial charge on any atom is -0.322 e. The predicted molar refractivity (Wildman–Crippen MR) is 108 cm³/mol. The first-order valence-electron chi connectivity index (χ1n) is 7.76. The number of anilines is 1. The van der Waals surface area contributed by atoms with Gasteiger partial charge < -0.3 is 5.32 Å². The summed E-state index contributed by atoms with van der Waals surface area (Å²) >= 11 is 2.24. The fourth-order valence-electron chi connectivity index (χ4n) is 2.69. The Balaban J connectivity index is 2.01. The Labute approximate surface area is 160 Å². The van der Waals surface area contributed by atoms with Gasteiger partial charge in [0, 0.05) is 20.4 Å². The molecular weight excluding hydrogens is 423 g/mol. The van der Waals surface area contributed by atoms with Gasteiger partial charge in [-0.05, 0) is 71.0 Å². The van der Waals surface area contributed by atoms with Gasteiger partial charge in [0.05, 0.1) is 11.6 Å². The minimum absolute atomic E-state index is 0.187. The highest BCUT2D eigenvalue weighted by Gasteiger charge is 2.15. The van der Waals surface area contributed by atoms with Crippen molar-refractivity contribution in [2.45, 2.75) is 6.92 Å². The highest BCUT2D eigenvalue weighted by atomic mass is 127. The van der Waals surface area contributed by atoms with Crippen molar-refractivity contribution in [2.24, 2.45) is 0 Å². The van der Waals surface area contributed by atoms with Crippen LogP contribution in [0.3, 0.4) is 0 Å². The van der Waals surface area contributed by atoms with Gasteiger partial charge in [-0.3, -0.25) is 4.79 Å². The standard InChI is InChI=1S/C21H15IN2O/c1-14-12-16(22)10-11-20(14)24-21(25)19-9-5-4-8-18(19)17-7-3-2-6-15(17)13-23/h2-12H,1H3,(H,24,25). The van der Waals surface area contributed by atoms with Crippen LogP contribution in [0.4, 0.5) is 5.69 Å². The lowest BCUT2D eigenvalue weighted by Crippen LogP contribution is -2.14. The molecule has 0 radical (unpaired) electrons. The number of hydrogen-bond acceptors (Lipinski definition) is 2. The number of carbonyl (C=O) groups is 1. The molecule has 0 aliphatic carbocycles. The summed E-state index contributed by atoms with van der Waals surface area (Å²) in [5, 5.41) is 12.3. The number of halogens is 1. The van der Waals surface area contributed by atoms with Gasteiger partial charge in [-0.15, -0.1) is 0 Å². The summed E-state index contributed by atoms with van der Waals surface area (Å²) in [5.74, 6) is -0.187. The Morgan fingerprint density at radius 1 is 1.00 bits per heavy atom. The summed E-state index contributed by atoms with van der Waals surface area (Å²) in [6.45, 7) is 1.97. The Kier molecular flexibility index (Phi) is 5.15. The zero-order valence-electron chi connectivity index (χ0n) is 13.6. The first-order valence-corrected chi connectivity index (χ1v) is 8.84. The number of carbonyl (C=O) groups excluding carboxylic acids is 1. The number of benzene rings is 3. The molecule has 3 nitrogen and oxygen atoms in total. The summed E-state index contributed by atoms with van der Waals surface area (Å²) < 4.78 is 1.12. The quantitative estimate of drug-likeness (QED) is 0.558. The average Bonchev–Trinajstić information content (AvgIpc) is 2.64. The molecule has 3 aromatic carbocycles. The molecule has 0 bridgehead atoms. The normalized spacial score (nSPS) is 10.1.